The molecule has 1 unspecified atom stereocenters. The van der Waals surface area contributed by atoms with E-state index in [1.54, 1.807) is 19.4 Å². The highest BCUT2D eigenvalue weighted by Gasteiger charge is 2.25. The Morgan fingerprint density at radius 1 is 1.35 bits per heavy atom. The predicted molar refractivity (Wildman–Crippen MR) is 115 cm³/mol. The first kappa shape index (κ1) is 21.2. The Balaban J connectivity index is 1.72. The number of hydrogen-bond acceptors (Lipinski definition) is 6. The smallest absolute Gasteiger partial charge is 0.306 e. The molecule has 7 nitrogen and oxygen atoms in total. The molecule has 0 spiro atoms. The zero-order valence-corrected chi connectivity index (χ0v) is 17.5. The van der Waals surface area contributed by atoms with Crippen molar-refractivity contribution in [1.82, 2.24) is 9.97 Å². The lowest BCUT2D eigenvalue weighted by Gasteiger charge is -2.24. The van der Waals surface area contributed by atoms with Crippen LogP contribution in [0.25, 0.3) is 22.2 Å². The van der Waals surface area contributed by atoms with E-state index < -0.39 is 11.8 Å². The number of furan rings is 1. The number of aliphatic carboxylic acids is 1. The molecule has 1 aromatic carbocycles. The lowest BCUT2D eigenvalue weighted by molar-refractivity contribution is -0.142. The van der Waals surface area contributed by atoms with Crippen molar-refractivity contribution in [2.24, 2.45) is 5.92 Å². The zero-order chi connectivity index (χ0) is 21.8. The van der Waals surface area contributed by atoms with E-state index >= 15 is 0 Å². The maximum absolute atomic E-state index is 14.6. The van der Waals surface area contributed by atoms with Gasteiger partial charge in [-0.15, -0.1) is 0 Å². The number of nitrogens with zero attached hydrogens (tertiary/aromatic N) is 3. The van der Waals surface area contributed by atoms with Crippen molar-refractivity contribution in [3.05, 3.63) is 42.2 Å². The molecule has 0 radical (unpaired) electrons. The minimum absolute atomic E-state index is 0.216. The Morgan fingerprint density at radius 2 is 2.23 bits per heavy atom. The Labute approximate surface area is 179 Å². The summed E-state index contributed by atoms with van der Waals surface area (Å²) >= 11 is 0. The normalized spacial score (nSPS) is 17.1. The number of carboxylic acids is 1. The molecule has 4 rings (SSSR count). The summed E-state index contributed by atoms with van der Waals surface area (Å²) in [7, 11) is 1.66. The summed E-state index contributed by atoms with van der Waals surface area (Å²) in [4.78, 5) is 23.1. The number of aryl methyl sites for hydroxylation is 1. The van der Waals surface area contributed by atoms with Gasteiger partial charge in [0.1, 0.15) is 5.69 Å². The number of fused-ring (bicyclic) bond motifs is 1. The summed E-state index contributed by atoms with van der Waals surface area (Å²) in [5.74, 6) is -0.889. The number of hydrogen-bond donors (Lipinski definition) is 1. The zero-order valence-electron chi connectivity index (χ0n) is 17.5. The first-order valence-electron chi connectivity index (χ1n) is 10.6. The van der Waals surface area contributed by atoms with E-state index in [2.05, 4.69) is 9.88 Å². The van der Waals surface area contributed by atoms with E-state index in [0.29, 0.717) is 55.0 Å². The van der Waals surface area contributed by atoms with Gasteiger partial charge in [0.2, 0.25) is 0 Å². The van der Waals surface area contributed by atoms with E-state index in [-0.39, 0.29) is 11.5 Å². The monoisotopic (exact) mass is 427 g/mol. The second-order valence-corrected chi connectivity index (χ2v) is 7.88. The fourth-order valence-corrected chi connectivity index (χ4v) is 4.09. The van der Waals surface area contributed by atoms with Gasteiger partial charge in [0.05, 0.1) is 17.9 Å². The number of anilines is 1. The highest BCUT2D eigenvalue weighted by Crippen LogP contribution is 2.33. The van der Waals surface area contributed by atoms with Gasteiger partial charge in [0.15, 0.2) is 17.2 Å². The fraction of sp³-hybridized carbons (Fsp3) is 0.435. The van der Waals surface area contributed by atoms with Gasteiger partial charge in [0, 0.05) is 44.0 Å². The molecule has 31 heavy (non-hydrogen) atoms. The van der Waals surface area contributed by atoms with Crippen molar-refractivity contribution in [2.75, 3.05) is 31.7 Å². The van der Waals surface area contributed by atoms with Crippen molar-refractivity contribution in [3.63, 3.8) is 0 Å². The molecule has 3 heterocycles. The molecule has 2 aromatic heterocycles. The first-order valence-corrected chi connectivity index (χ1v) is 10.6. The Bertz CT molecular complexity index is 1070. The third-order valence-electron chi connectivity index (χ3n) is 5.74. The van der Waals surface area contributed by atoms with Crippen LogP contribution in [0.3, 0.4) is 0 Å². The SMILES string of the molecule is COCCCc1cnc(-c2cc(F)c3occc3c2)c(N2CCCC(C(=O)O)CC2)n1. The number of halogens is 1. The second kappa shape index (κ2) is 9.43. The number of ether oxygens (including phenoxy) is 1. The molecular weight excluding hydrogens is 401 g/mol. The minimum Gasteiger partial charge on any atom is -0.481 e. The van der Waals surface area contributed by atoms with Crippen LogP contribution in [-0.4, -0.2) is 47.8 Å². The maximum Gasteiger partial charge on any atom is 0.306 e. The molecule has 3 aromatic rings. The number of rotatable bonds is 7. The van der Waals surface area contributed by atoms with Crippen molar-refractivity contribution >= 4 is 22.8 Å². The molecule has 1 atom stereocenters. The van der Waals surface area contributed by atoms with Crippen molar-refractivity contribution < 1.29 is 23.4 Å². The molecule has 0 saturated carbocycles. The van der Waals surface area contributed by atoms with Crippen molar-refractivity contribution in [2.45, 2.75) is 32.1 Å². The summed E-state index contributed by atoms with van der Waals surface area (Å²) in [5.41, 5.74) is 2.26. The second-order valence-electron chi connectivity index (χ2n) is 7.88. The molecule has 1 aliphatic heterocycles. The van der Waals surface area contributed by atoms with Crippen LogP contribution < -0.4 is 4.90 Å². The molecule has 0 bridgehead atoms. The summed E-state index contributed by atoms with van der Waals surface area (Å²) < 4.78 is 25.0. The van der Waals surface area contributed by atoms with Crippen LogP contribution in [0, 0.1) is 11.7 Å². The third-order valence-corrected chi connectivity index (χ3v) is 5.74. The summed E-state index contributed by atoms with van der Waals surface area (Å²) in [6, 6.07) is 4.98. The van der Waals surface area contributed by atoms with Gasteiger partial charge in [-0.05, 0) is 50.3 Å². The average Bonchev–Trinajstić information content (AvgIpc) is 3.10. The highest BCUT2D eigenvalue weighted by atomic mass is 19.1. The van der Waals surface area contributed by atoms with E-state index in [4.69, 9.17) is 14.1 Å². The Kier molecular flexibility index (Phi) is 6.46. The minimum atomic E-state index is -0.756. The van der Waals surface area contributed by atoms with Crippen LogP contribution in [0.5, 0.6) is 0 Å². The lowest BCUT2D eigenvalue weighted by atomic mass is 10.0. The van der Waals surface area contributed by atoms with Gasteiger partial charge in [-0.3, -0.25) is 9.78 Å². The molecule has 1 aliphatic rings. The largest absolute Gasteiger partial charge is 0.481 e. The van der Waals surface area contributed by atoms with Gasteiger partial charge in [-0.1, -0.05) is 0 Å². The van der Waals surface area contributed by atoms with Gasteiger partial charge in [0.25, 0.3) is 0 Å². The maximum atomic E-state index is 14.6. The summed E-state index contributed by atoms with van der Waals surface area (Å²) in [5, 5.41) is 10.1. The number of methoxy groups -OCH3 is 1. The standard InChI is InChI=1S/C23H26FN3O4/c1-30-10-3-5-18-14-25-20(17-12-16-7-11-31-21(16)19(24)13-17)22(26-18)27-8-2-4-15(6-9-27)23(28)29/h7,11-15H,2-6,8-10H2,1H3,(H,28,29). The quantitative estimate of drug-likeness (QED) is 0.563. The first-order chi connectivity index (χ1) is 15.1. The van der Waals surface area contributed by atoms with Crippen LogP contribution in [-0.2, 0) is 16.0 Å². The van der Waals surface area contributed by atoms with Crippen LogP contribution in [0.15, 0.2) is 35.1 Å². The molecule has 8 heteroatoms. The molecule has 1 saturated heterocycles. The van der Waals surface area contributed by atoms with E-state index in [1.165, 1.54) is 12.3 Å². The molecular formula is C23H26FN3O4. The molecule has 0 amide bonds. The van der Waals surface area contributed by atoms with Crippen molar-refractivity contribution in [3.8, 4) is 11.3 Å². The molecule has 0 aliphatic carbocycles. The highest BCUT2D eigenvalue weighted by molar-refractivity contribution is 5.85. The lowest BCUT2D eigenvalue weighted by Crippen LogP contribution is -2.27. The molecule has 1 N–H and O–H groups in total. The Morgan fingerprint density at radius 3 is 3.03 bits per heavy atom. The summed E-state index contributed by atoms with van der Waals surface area (Å²) in [6.07, 6.45) is 6.65. The van der Waals surface area contributed by atoms with Gasteiger partial charge >= 0.3 is 5.97 Å². The van der Waals surface area contributed by atoms with Gasteiger partial charge < -0.3 is 19.2 Å². The van der Waals surface area contributed by atoms with Crippen LogP contribution >= 0.6 is 0 Å². The predicted octanol–water partition coefficient (Wildman–Crippen LogP) is 4.30. The Hall–Kier alpha value is -3.00. The number of benzene rings is 1. The topological polar surface area (TPSA) is 88.7 Å². The summed E-state index contributed by atoms with van der Waals surface area (Å²) in [6.45, 7) is 1.88. The van der Waals surface area contributed by atoms with Crippen LogP contribution in [0.4, 0.5) is 10.2 Å². The number of carbonyl (C=O) groups is 1. The number of aromatic nitrogens is 2. The van der Waals surface area contributed by atoms with Crippen LogP contribution in [0.2, 0.25) is 0 Å². The molecule has 164 valence electrons. The molecule has 1 fully saturated rings. The van der Waals surface area contributed by atoms with E-state index in [1.807, 2.05) is 6.07 Å². The van der Waals surface area contributed by atoms with Crippen molar-refractivity contribution in [1.29, 1.82) is 0 Å². The fourth-order valence-electron chi connectivity index (χ4n) is 4.09. The van der Waals surface area contributed by atoms with E-state index in [0.717, 1.165) is 25.0 Å². The third kappa shape index (κ3) is 4.69. The van der Waals surface area contributed by atoms with Crippen LogP contribution in [0.1, 0.15) is 31.4 Å². The van der Waals surface area contributed by atoms with E-state index in [9.17, 15) is 14.3 Å². The average molecular weight is 427 g/mol. The van der Waals surface area contributed by atoms with Gasteiger partial charge in [-0.25, -0.2) is 9.37 Å². The number of carboxylic acid groups (broad SMARTS) is 1. The van der Waals surface area contributed by atoms with Gasteiger partial charge in [-0.2, -0.15) is 0 Å².